The minimum atomic E-state index is -5.18. The number of aryl methyl sites for hydroxylation is 1. The number of fused-ring (bicyclic) bond motifs is 1. The highest BCUT2D eigenvalue weighted by molar-refractivity contribution is 8.01. The van der Waals surface area contributed by atoms with E-state index in [0.29, 0.717) is 5.56 Å². The summed E-state index contributed by atoms with van der Waals surface area (Å²) in [6.45, 7) is 16.9. The van der Waals surface area contributed by atoms with Gasteiger partial charge in [-0.05, 0) is 69.2 Å². The molecule has 4 atom stereocenters. The van der Waals surface area contributed by atoms with E-state index >= 15 is 0 Å². The van der Waals surface area contributed by atoms with Crippen LogP contribution < -0.4 is 14.8 Å². The summed E-state index contributed by atoms with van der Waals surface area (Å²) in [5.74, 6) is -5.05. The van der Waals surface area contributed by atoms with Gasteiger partial charge in [-0.3, -0.25) is 28.6 Å². The van der Waals surface area contributed by atoms with Crippen molar-refractivity contribution in [1.29, 1.82) is 0 Å². The molecule has 2 N–H and O–H groups in total. The van der Waals surface area contributed by atoms with Crippen LogP contribution in [0.5, 0.6) is 11.5 Å². The summed E-state index contributed by atoms with van der Waals surface area (Å²) >= 11 is 1.13. The third kappa shape index (κ3) is 8.94. The van der Waals surface area contributed by atoms with Gasteiger partial charge in [0.1, 0.15) is 18.0 Å². The Labute approximate surface area is 308 Å². The molecular formula is C35H47N3O12S2. The Hall–Kier alpha value is -4.03. The van der Waals surface area contributed by atoms with Crippen molar-refractivity contribution in [2.45, 2.75) is 89.1 Å². The van der Waals surface area contributed by atoms with E-state index in [1.165, 1.54) is 39.7 Å². The number of ether oxygens (including phenoxy) is 4. The lowest BCUT2D eigenvalue weighted by Gasteiger charge is -2.49. The third-order valence-corrected chi connectivity index (χ3v) is 11.4. The highest BCUT2D eigenvalue weighted by atomic mass is 32.2. The fourth-order valence-electron chi connectivity index (χ4n) is 6.08. The van der Waals surface area contributed by atoms with Gasteiger partial charge in [0.05, 0.1) is 4.75 Å². The zero-order valence-electron chi connectivity index (χ0n) is 30.8. The van der Waals surface area contributed by atoms with Crippen LogP contribution in [-0.4, -0.2) is 101 Å². The average molecular weight is 766 g/mol. The van der Waals surface area contributed by atoms with E-state index in [4.69, 9.17) is 18.9 Å². The van der Waals surface area contributed by atoms with Gasteiger partial charge >= 0.3 is 17.9 Å². The quantitative estimate of drug-likeness (QED) is 0.130. The molecule has 0 unspecified atom stereocenters. The molecule has 2 saturated heterocycles. The summed E-state index contributed by atoms with van der Waals surface area (Å²) in [4.78, 5) is 67.3. The maximum Gasteiger partial charge on any atom is 0.361 e. The summed E-state index contributed by atoms with van der Waals surface area (Å²) in [5, 5.41) is -0.762. The fourth-order valence-corrected chi connectivity index (χ4v) is 8.70. The topological polar surface area (TPSA) is 195 Å². The highest BCUT2D eigenvalue weighted by Gasteiger charge is 2.74. The highest BCUT2D eigenvalue weighted by Crippen LogP contribution is 2.57. The summed E-state index contributed by atoms with van der Waals surface area (Å²) in [6.07, 6.45) is 0. The maximum atomic E-state index is 13.5. The van der Waals surface area contributed by atoms with Crippen molar-refractivity contribution in [3.05, 3.63) is 59.2 Å². The second-order valence-corrected chi connectivity index (χ2v) is 15.7. The van der Waals surface area contributed by atoms with Crippen LogP contribution in [0.25, 0.3) is 0 Å². The van der Waals surface area contributed by atoms with E-state index in [0.717, 1.165) is 36.6 Å². The number of hydrogen-bond donors (Lipinski definition) is 2. The van der Waals surface area contributed by atoms with Crippen molar-refractivity contribution in [3.8, 4) is 11.5 Å². The molecule has 0 aromatic heterocycles. The van der Waals surface area contributed by atoms with E-state index in [9.17, 15) is 36.9 Å². The van der Waals surface area contributed by atoms with Gasteiger partial charge < -0.3 is 29.2 Å². The molecule has 2 aliphatic heterocycles. The summed E-state index contributed by atoms with van der Waals surface area (Å²) in [6, 6.07) is 9.72. The second-order valence-electron chi connectivity index (χ2n) is 12.5. The number of esters is 3. The van der Waals surface area contributed by atoms with Crippen LogP contribution in [0.4, 0.5) is 0 Å². The molecule has 0 aliphatic carbocycles. The van der Waals surface area contributed by atoms with Gasteiger partial charge in [-0.2, -0.15) is 8.42 Å². The minimum absolute atomic E-state index is 0.0809. The molecule has 17 heteroatoms. The standard InChI is InChI=1S/C29H32N2O12S2.C6H15N/c1-15-12-20(42-16(2)32)21(43-17(3)33)13-19(15)23(45(37,38)39)24(34)30-22-25(35)31-26(22)44-28(4,5)29(31,40-6)27(36)41-14-18-10-8-7-9-11-18;1-4-7(5-2)6-3/h7-13,22-23,26H,14H2,1-6H3,(H,30,34)(H,37,38,39);4-6H2,1-3H3/t22-,23+,26+,29+;/m0./s1. The fraction of sp³-hybridized carbons (Fsp3) is 0.514. The first-order valence-corrected chi connectivity index (χ1v) is 18.9. The van der Waals surface area contributed by atoms with Gasteiger partial charge in [-0.25, -0.2) is 4.79 Å². The van der Waals surface area contributed by atoms with Crippen LogP contribution in [0.1, 0.15) is 70.4 Å². The first-order valence-electron chi connectivity index (χ1n) is 16.6. The van der Waals surface area contributed by atoms with E-state index in [1.54, 1.807) is 44.2 Å². The summed E-state index contributed by atoms with van der Waals surface area (Å²) < 4.78 is 55.5. The molecule has 0 bridgehead atoms. The van der Waals surface area contributed by atoms with Crippen LogP contribution in [-0.2, 0) is 50.2 Å². The number of thioether (sulfide) groups is 1. The van der Waals surface area contributed by atoms with Crippen molar-refractivity contribution >= 4 is 51.6 Å². The number of hydrogen-bond acceptors (Lipinski definition) is 13. The molecule has 2 amide bonds. The van der Waals surface area contributed by atoms with Crippen molar-refractivity contribution < 1.29 is 55.9 Å². The Kier molecular flexibility index (Phi) is 14.0. The first-order chi connectivity index (χ1) is 24.3. The molecule has 2 heterocycles. The van der Waals surface area contributed by atoms with Gasteiger partial charge in [0.25, 0.3) is 21.8 Å². The number of methoxy groups -OCH3 is 1. The smallest absolute Gasteiger partial charge is 0.361 e. The number of benzene rings is 2. The van der Waals surface area contributed by atoms with Crippen LogP contribution >= 0.6 is 11.8 Å². The van der Waals surface area contributed by atoms with E-state index in [1.807, 2.05) is 0 Å². The zero-order valence-corrected chi connectivity index (χ0v) is 32.4. The van der Waals surface area contributed by atoms with Crippen molar-refractivity contribution in [3.63, 3.8) is 0 Å². The summed E-state index contributed by atoms with van der Waals surface area (Å²) in [7, 11) is -3.92. The third-order valence-electron chi connectivity index (χ3n) is 8.70. The Morgan fingerprint density at radius 2 is 1.52 bits per heavy atom. The number of nitrogens with one attached hydrogen (secondary N) is 1. The predicted molar refractivity (Wildman–Crippen MR) is 192 cm³/mol. The van der Waals surface area contributed by atoms with Crippen molar-refractivity contribution in [1.82, 2.24) is 15.1 Å². The lowest BCUT2D eigenvalue weighted by Crippen LogP contribution is -2.76. The number of nitrogens with zero attached hydrogens (tertiary/aromatic N) is 2. The molecule has 2 fully saturated rings. The molecule has 15 nitrogen and oxygen atoms in total. The Bertz CT molecular complexity index is 1760. The van der Waals surface area contributed by atoms with Crippen LogP contribution in [0, 0.1) is 6.92 Å². The second kappa shape index (κ2) is 17.2. The van der Waals surface area contributed by atoms with Gasteiger partial charge in [0.15, 0.2) is 16.7 Å². The minimum Gasteiger partial charge on any atom is -0.457 e. The number of carbonyl (C=O) groups excluding carboxylic acids is 5. The zero-order chi connectivity index (χ0) is 39.2. The molecule has 0 radical (unpaired) electrons. The Morgan fingerprint density at radius 1 is 0.981 bits per heavy atom. The van der Waals surface area contributed by atoms with Crippen molar-refractivity contribution in [2.75, 3.05) is 26.7 Å². The average Bonchev–Trinajstić information content (AvgIpc) is 3.29. The van der Waals surface area contributed by atoms with Gasteiger partial charge in [-0.15, -0.1) is 11.8 Å². The molecule has 2 aromatic carbocycles. The normalized spacial score (nSPS) is 20.8. The molecule has 0 spiro atoms. The molecule has 52 heavy (non-hydrogen) atoms. The SMILES string of the molecule is CCN(CC)CC.CO[C@@]1(C(=O)OCc2ccccc2)N2C(=O)[C@H](NC(=O)[C@@H](c3cc(OC(C)=O)c(OC(C)=O)cc3C)S(=O)(=O)O)[C@H]2SC1(C)C. The largest absolute Gasteiger partial charge is 0.457 e. The summed E-state index contributed by atoms with van der Waals surface area (Å²) in [5.41, 5.74) is -1.39. The number of rotatable bonds is 13. The molecule has 286 valence electrons. The van der Waals surface area contributed by atoms with Gasteiger partial charge in [-0.1, -0.05) is 51.1 Å². The molecule has 2 aromatic rings. The molecule has 4 rings (SSSR count). The Morgan fingerprint density at radius 3 is 1.98 bits per heavy atom. The first kappa shape index (κ1) is 42.4. The lowest BCUT2D eigenvalue weighted by molar-refractivity contribution is -0.216. The molecular weight excluding hydrogens is 719 g/mol. The maximum absolute atomic E-state index is 13.5. The van der Waals surface area contributed by atoms with Crippen LogP contribution in [0.15, 0.2) is 42.5 Å². The van der Waals surface area contributed by atoms with E-state index in [2.05, 4.69) is 31.0 Å². The number of carbonyl (C=O) groups is 5. The number of β-lactam (4-membered cyclic amide) rings is 1. The molecule has 2 aliphatic rings. The van der Waals surface area contributed by atoms with E-state index in [-0.39, 0.29) is 29.2 Å². The monoisotopic (exact) mass is 765 g/mol. The van der Waals surface area contributed by atoms with Gasteiger partial charge in [0, 0.05) is 21.0 Å². The van der Waals surface area contributed by atoms with E-state index < -0.39 is 67.0 Å². The van der Waals surface area contributed by atoms with Crippen molar-refractivity contribution in [2.24, 2.45) is 0 Å². The van der Waals surface area contributed by atoms with Crippen LogP contribution in [0.3, 0.4) is 0 Å². The Balaban J connectivity index is 0.000000944. The lowest BCUT2D eigenvalue weighted by atomic mass is 9.91. The predicted octanol–water partition coefficient (Wildman–Crippen LogP) is 3.39. The van der Waals surface area contributed by atoms with Gasteiger partial charge in [0.2, 0.25) is 5.91 Å². The number of amides is 2. The van der Waals surface area contributed by atoms with Crippen LogP contribution in [0.2, 0.25) is 0 Å². The molecule has 0 saturated carbocycles.